The first kappa shape index (κ1) is 11.0. The van der Waals surface area contributed by atoms with Gasteiger partial charge in [-0.1, -0.05) is 48.6 Å². The molecule has 0 amide bonds. The first-order valence-corrected chi connectivity index (χ1v) is 5.62. The molecule has 0 saturated heterocycles. The zero-order valence-corrected chi connectivity index (χ0v) is 8.86. The van der Waals surface area contributed by atoms with E-state index in [1.807, 2.05) is 0 Å². The minimum atomic E-state index is 1.05. The lowest BCUT2D eigenvalue weighted by Gasteiger charge is -1.93. The van der Waals surface area contributed by atoms with Crippen LogP contribution in [0.15, 0.2) is 48.6 Å². The monoisotopic (exact) mass is 188 g/mol. The minimum Gasteiger partial charge on any atom is -0.0882 e. The van der Waals surface area contributed by atoms with Crippen LogP contribution in [-0.2, 0) is 0 Å². The number of allylic oxidation sites excluding steroid dienone is 8. The predicted molar refractivity (Wildman–Crippen MR) is 64.3 cm³/mol. The van der Waals surface area contributed by atoms with Crippen LogP contribution < -0.4 is 0 Å². The fourth-order valence-electron chi connectivity index (χ4n) is 1.42. The Kier molecular flexibility index (Phi) is 6.74. The van der Waals surface area contributed by atoms with Crippen LogP contribution in [0, 0.1) is 0 Å². The summed E-state index contributed by atoms with van der Waals surface area (Å²) in [5, 5.41) is 0. The van der Waals surface area contributed by atoms with Crippen LogP contribution in [0.1, 0.15) is 38.5 Å². The molecule has 14 heavy (non-hydrogen) atoms. The van der Waals surface area contributed by atoms with Gasteiger partial charge in [0.2, 0.25) is 0 Å². The molecule has 0 saturated carbocycles. The predicted octanol–water partition coefficient (Wildman–Crippen LogP) is 4.57. The molecule has 0 aromatic carbocycles. The van der Waals surface area contributed by atoms with E-state index < -0.39 is 0 Å². The topological polar surface area (TPSA) is 0 Å². The fraction of sp³-hybridized carbons (Fsp3) is 0.429. The van der Waals surface area contributed by atoms with Gasteiger partial charge in [0.15, 0.2) is 0 Å². The maximum absolute atomic E-state index is 2.30. The van der Waals surface area contributed by atoms with E-state index in [0.29, 0.717) is 0 Å². The van der Waals surface area contributed by atoms with E-state index in [1.165, 1.54) is 25.7 Å². The summed E-state index contributed by atoms with van der Waals surface area (Å²) >= 11 is 0. The van der Waals surface area contributed by atoms with Gasteiger partial charge in [-0.05, 0) is 38.5 Å². The Bertz CT molecular complexity index is 228. The Morgan fingerprint density at radius 2 is 1.07 bits per heavy atom. The highest BCUT2D eigenvalue weighted by atomic mass is 13.9. The van der Waals surface area contributed by atoms with Crippen molar-refractivity contribution < 1.29 is 0 Å². The first-order chi connectivity index (χ1) is 7.00. The van der Waals surface area contributed by atoms with Gasteiger partial charge in [-0.3, -0.25) is 0 Å². The summed E-state index contributed by atoms with van der Waals surface area (Å²) in [6, 6.07) is 0. The molecular weight excluding hydrogens is 168 g/mol. The van der Waals surface area contributed by atoms with Crippen molar-refractivity contribution in [3.05, 3.63) is 48.6 Å². The normalized spacial score (nSPS) is 28.6. The fourth-order valence-corrected chi connectivity index (χ4v) is 1.42. The zero-order chi connectivity index (χ0) is 9.90. The molecule has 0 spiro atoms. The summed E-state index contributed by atoms with van der Waals surface area (Å²) in [4.78, 5) is 0. The third kappa shape index (κ3) is 6.47. The summed E-state index contributed by atoms with van der Waals surface area (Å²) in [6.07, 6.45) is 25.0. The molecule has 0 aromatic heterocycles. The third-order valence-corrected chi connectivity index (χ3v) is 2.25. The van der Waals surface area contributed by atoms with Gasteiger partial charge in [-0.2, -0.15) is 0 Å². The molecule has 0 fully saturated rings. The van der Waals surface area contributed by atoms with Gasteiger partial charge in [0.1, 0.15) is 0 Å². The van der Waals surface area contributed by atoms with Gasteiger partial charge < -0.3 is 0 Å². The lowest BCUT2D eigenvalue weighted by molar-refractivity contribution is 0.761. The average Bonchev–Trinajstić information content (AvgIpc) is 2.22. The maximum atomic E-state index is 2.30. The van der Waals surface area contributed by atoms with Gasteiger partial charge in [-0.25, -0.2) is 0 Å². The molecule has 0 bridgehead atoms. The van der Waals surface area contributed by atoms with Gasteiger partial charge in [0.25, 0.3) is 0 Å². The zero-order valence-electron chi connectivity index (χ0n) is 8.86. The smallest absolute Gasteiger partial charge is 0.0166 e. The number of rotatable bonds is 0. The summed E-state index contributed by atoms with van der Waals surface area (Å²) in [5.41, 5.74) is 0. The Morgan fingerprint density at radius 1 is 0.500 bits per heavy atom. The van der Waals surface area contributed by atoms with E-state index in [4.69, 9.17) is 0 Å². The third-order valence-electron chi connectivity index (χ3n) is 2.25. The van der Waals surface area contributed by atoms with E-state index in [-0.39, 0.29) is 0 Å². The largest absolute Gasteiger partial charge is 0.0882 e. The molecule has 0 heterocycles. The molecule has 0 radical (unpaired) electrons. The Morgan fingerprint density at radius 3 is 1.93 bits per heavy atom. The van der Waals surface area contributed by atoms with E-state index in [0.717, 1.165) is 12.8 Å². The first-order valence-electron chi connectivity index (χ1n) is 5.62. The molecule has 0 aromatic rings. The summed E-state index contributed by atoms with van der Waals surface area (Å²) in [5.74, 6) is 0. The van der Waals surface area contributed by atoms with Crippen molar-refractivity contribution >= 4 is 0 Å². The minimum absolute atomic E-state index is 1.05. The van der Waals surface area contributed by atoms with Crippen LogP contribution in [0.5, 0.6) is 0 Å². The van der Waals surface area contributed by atoms with Gasteiger partial charge in [-0.15, -0.1) is 0 Å². The lowest BCUT2D eigenvalue weighted by Crippen LogP contribution is -1.72. The molecule has 1 aliphatic carbocycles. The van der Waals surface area contributed by atoms with E-state index in [1.54, 1.807) is 0 Å². The molecule has 0 unspecified atom stereocenters. The van der Waals surface area contributed by atoms with Crippen LogP contribution in [0.4, 0.5) is 0 Å². The van der Waals surface area contributed by atoms with E-state index >= 15 is 0 Å². The van der Waals surface area contributed by atoms with Gasteiger partial charge in [0.05, 0.1) is 0 Å². The number of hydrogen-bond donors (Lipinski definition) is 0. The second kappa shape index (κ2) is 8.55. The highest BCUT2D eigenvalue weighted by molar-refractivity contribution is 5.05. The average molecular weight is 188 g/mol. The number of hydrogen-bond acceptors (Lipinski definition) is 0. The van der Waals surface area contributed by atoms with Crippen molar-refractivity contribution in [3.63, 3.8) is 0 Å². The highest BCUT2D eigenvalue weighted by Crippen LogP contribution is 2.03. The maximum Gasteiger partial charge on any atom is -0.0166 e. The SMILES string of the molecule is C1=C\CCCC/C=C\C/C=C/C/C=C/1. The molecule has 0 atom stereocenters. The van der Waals surface area contributed by atoms with Crippen LogP contribution in [0.25, 0.3) is 0 Å². The van der Waals surface area contributed by atoms with Crippen molar-refractivity contribution in [1.29, 1.82) is 0 Å². The van der Waals surface area contributed by atoms with E-state index in [2.05, 4.69) is 48.6 Å². The second-order valence-corrected chi connectivity index (χ2v) is 3.55. The van der Waals surface area contributed by atoms with Crippen molar-refractivity contribution in [2.45, 2.75) is 38.5 Å². The van der Waals surface area contributed by atoms with Crippen molar-refractivity contribution in [1.82, 2.24) is 0 Å². The molecule has 0 N–H and O–H groups in total. The summed E-state index contributed by atoms with van der Waals surface area (Å²) in [7, 11) is 0. The van der Waals surface area contributed by atoms with Crippen LogP contribution in [-0.4, -0.2) is 0 Å². The quantitative estimate of drug-likeness (QED) is 0.489. The van der Waals surface area contributed by atoms with Gasteiger partial charge >= 0.3 is 0 Å². The van der Waals surface area contributed by atoms with Crippen molar-refractivity contribution in [3.8, 4) is 0 Å². The Labute approximate surface area is 87.7 Å². The summed E-state index contributed by atoms with van der Waals surface area (Å²) in [6.45, 7) is 0. The standard InChI is InChI=1S/C14H20/c1-2-4-6-8-10-12-14-13-11-9-7-5-3-1/h1-4,7,9,13-14H,5-6,8,10-12H2/b3-1+,4-2-,9-7+,14-13-. The molecule has 0 aliphatic heterocycles. The highest BCUT2D eigenvalue weighted by Gasteiger charge is 1.83. The molecule has 1 rings (SSSR count). The molecular formula is C14H20. The Hall–Kier alpha value is -1.04. The molecule has 0 heteroatoms. The molecule has 76 valence electrons. The lowest BCUT2D eigenvalue weighted by atomic mass is 10.1. The van der Waals surface area contributed by atoms with E-state index in [9.17, 15) is 0 Å². The Balaban J connectivity index is 2.35. The van der Waals surface area contributed by atoms with Gasteiger partial charge in [0, 0.05) is 0 Å². The summed E-state index contributed by atoms with van der Waals surface area (Å²) < 4.78 is 0. The van der Waals surface area contributed by atoms with Crippen LogP contribution >= 0.6 is 0 Å². The van der Waals surface area contributed by atoms with Crippen molar-refractivity contribution in [2.24, 2.45) is 0 Å². The molecule has 0 nitrogen and oxygen atoms in total. The van der Waals surface area contributed by atoms with Crippen LogP contribution in [0.2, 0.25) is 0 Å². The molecule has 1 aliphatic rings. The van der Waals surface area contributed by atoms with Crippen LogP contribution in [0.3, 0.4) is 0 Å². The van der Waals surface area contributed by atoms with Crippen molar-refractivity contribution in [2.75, 3.05) is 0 Å². The second-order valence-electron chi connectivity index (χ2n) is 3.55.